The molecule has 3 aliphatic rings. The number of carbonyl (C=O) groups excluding carboxylic acids is 2. The van der Waals surface area contributed by atoms with E-state index in [-0.39, 0.29) is 36.3 Å². The van der Waals surface area contributed by atoms with Crippen LogP contribution in [0.3, 0.4) is 0 Å². The third kappa shape index (κ3) is 5.11. The van der Waals surface area contributed by atoms with Gasteiger partial charge in [0.2, 0.25) is 11.8 Å². The third-order valence-electron chi connectivity index (χ3n) is 6.46. The number of amides is 2. The molecule has 160 valence electrons. The molecule has 4 rings (SSSR count). The molecule has 0 bridgehead atoms. The Kier molecular flexibility index (Phi) is 7.55. The summed E-state index contributed by atoms with van der Waals surface area (Å²) in [5.74, 6) is 0.793. The van der Waals surface area contributed by atoms with Crippen LogP contribution in [0.5, 0.6) is 0 Å². The van der Waals surface area contributed by atoms with Crippen molar-refractivity contribution in [2.45, 2.75) is 51.1 Å². The average molecular weight is 421 g/mol. The number of hydrogen-bond acceptors (Lipinski definition) is 4. The van der Waals surface area contributed by atoms with Crippen molar-refractivity contribution >= 4 is 29.9 Å². The molecule has 3 atom stereocenters. The third-order valence-corrected chi connectivity index (χ3v) is 6.46. The van der Waals surface area contributed by atoms with Gasteiger partial charge in [0.1, 0.15) is 0 Å². The van der Waals surface area contributed by atoms with Crippen LogP contribution < -0.4 is 15.5 Å². The van der Waals surface area contributed by atoms with Crippen molar-refractivity contribution in [3.63, 3.8) is 0 Å². The van der Waals surface area contributed by atoms with Gasteiger partial charge in [-0.05, 0) is 70.2 Å². The van der Waals surface area contributed by atoms with Crippen LogP contribution in [0, 0.1) is 12.8 Å². The molecule has 3 saturated heterocycles. The van der Waals surface area contributed by atoms with E-state index in [0.29, 0.717) is 5.92 Å². The fourth-order valence-electron chi connectivity index (χ4n) is 4.81. The molecule has 29 heavy (non-hydrogen) atoms. The first-order valence-electron chi connectivity index (χ1n) is 10.7. The first kappa shape index (κ1) is 22.1. The highest BCUT2D eigenvalue weighted by Gasteiger charge is 2.38. The Bertz CT molecular complexity index is 705. The van der Waals surface area contributed by atoms with Gasteiger partial charge in [0.25, 0.3) is 0 Å². The molecule has 0 spiro atoms. The molecule has 3 aliphatic heterocycles. The maximum absolute atomic E-state index is 13.0. The molecular formula is C22H33ClN4O2. The van der Waals surface area contributed by atoms with Crippen molar-refractivity contribution in [3.05, 3.63) is 29.8 Å². The zero-order valence-electron chi connectivity index (χ0n) is 17.2. The highest BCUT2D eigenvalue weighted by molar-refractivity contribution is 5.99. The second-order valence-corrected chi connectivity index (χ2v) is 8.53. The second kappa shape index (κ2) is 9.92. The van der Waals surface area contributed by atoms with Gasteiger partial charge in [-0.15, -0.1) is 12.4 Å². The SMILES string of the molecule is Cc1ccc(N2CCC(N3CCCC(CNC(=O)C4CCCN4)C3)C2=O)cc1.Cl. The molecule has 3 unspecified atom stereocenters. The van der Waals surface area contributed by atoms with Crippen molar-refractivity contribution in [2.24, 2.45) is 5.92 Å². The zero-order valence-corrected chi connectivity index (χ0v) is 18.0. The van der Waals surface area contributed by atoms with E-state index in [1.165, 1.54) is 5.56 Å². The quantitative estimate of drug-likeness (QED) is 0.765. The average Bonchev–Trinajstić information content (AvgIpc) is 3.37. The van der Waals surface area contributed by atoms with E-state index < -0.39 is 0 Å². The molecular weight excluding hydrogens is 388 g/mol. The van der Waals surface area contributed by atoms with E-state index >= 15 is 0 Å². The fraction of sp³-hybridized carbons (Fsp3) is 0.636. The number of rotatable bonds is 5. The fourth-order valence-corrected chi connectivity index (χ4v) is 4.81. The Morgan fingerprint density at radius 1 is 1.14 bits per heavy atom. The number of anilines is 1. The lowest BCUT2D eigenvalue weighted by Crippen LogP contribution is -2.49. The molecule has 7 heteroatoms. The van der Waals surface area contributed by atoms with Gasteiger partial charge in [-0.25, -0.2) is 0 Å². The highest BCUT2D eigenvalue weighted by Crippen LogP contribution is 2.27. The van der Waals surface area contributed by atoms with Gasteiger partial charge in [0, 0.05) is 25.3 Å². The summed E-state index contributed by atoms with van der Waals surface area (Å²) in [6.07, 6.45) is 5.12. The molecule has 3 heterocycles. The number of halogens is 1. The molecule has 0 saturated carbocycles. The first-order valence-corrected chi connectivity index (χ1v) is 10.7. The van der Waals surface area contributed by atoms with E-state index in [4.69, 9.17) is 0 Å². The van der Waals surface area contributed by atoms with E-state index in [0.717, 1.165) is 70.5 Å². The minimum Gasteiger partial charge on any atom is -0.354 e. The molecule has 3 fully saturated rings. The maximum atomic E-state index is 13.0. The van der Waals surface area contributed by atoms with Crippen LogP contribution in [0.2, 0.25) is 0 Å². The van der Waals surface area contributed by atoms with Crippen LogP contribution in [0.15, 0.2) is 24.3 Å². The number of benzene rings is 1. The summed E-state index contributed by atoms with van der Waals surface area (Å²) in [7, 11) is 0. The Morgan fingerprint density at radius 3 is 2.66 bits per heavy atom. The lowest BCUT2D eigenvalue weighted by atomic mass is 9.96. The van der Waals surface area contributed by atoms with E-state index in [2.05, 4.69) is 34.6 Å². The standard InChI is InChI=1S/C22H32N4O2.ClH/c1-16-6-8-18(9-7-16)26-13-10-20(22(26)28)25-12-3-4-17(15-25)14-24-21(27)19-5-2-11-23-19;/h6-9,17,19-20,23H,2-5,10-15H2,1H3,(H,24,27);1H. The van der Waals surface area contributed by atoms with E-state index in [9.17, 15) is 9.59 Å². The highest BCUT2D eigenvalue weighted by atomic mass is 35.5. The van der Waals surface area contributed by atoms with Crippen molar-refractivity contribution < 1.29 is 9.59 Å². The Morgan fingerprint density at radius 2 is 1.93 bits per heavy atom. The number of nitrogens with one attached hydrogen (secondary N) is 2. The number of nitrogens with zero attached hydrogens (tertiary/aromatic N) is 2. The summed E-state index contributed by atoms with van der Waals surface area (Å²) >= 11 is 0. The lowest BCUT2D eigenvalue weighted by molar-refractivity contribution is -0.124. The Labute approximate surface area is 179 Å². The molecule has 0 radical (unpaired) electrons. The van der Waals surface area contributed by atoms with Crippen molar-refractivity contribution in [2.75, 3.05) is 37.6 Å². The van der Waals surface area contributed by atoms with Crippen molar-refractivity contribution in [3.8, 4) is 0 Å². The van der Waals surface area contributed by atoms with Gasteiger partial charge in [0.15, 0.2) is 0 Å². The number of hydrogen-bond donors (Lipinski definition) is 2. The maximum Gasteiger partial charge on any atom is 0.244 e. The van der Waals surface area contributed by atoms with Crippen molar-refractivity contribution in [1.82, 2.24) is 15.5 Å². The molecule has 0 aliphatic carbocycles. The topological polar surface area (TPSA) is 64.7 Å². The van der Waals surface area contributed by atoms with Gasteiger partial charge in [-0.2, -0.15) is 0 Å². The predicted molar refractivity (Wildman–Crippen MR) is 118 cm³/mol. The van der Waals surface area contributed by atoms with Gasteiger partial charge in [-0.3, -0.25) is 14.5 Å². The molecule has 1 aromatic rings. The first-order chi connectivity index (χ1) is 13.6. The summed E-state index contributed by atoms with van der Waals surface area (Å²) < 4.78 is 0. The smallest absolute Gasteiger partial charge is 0.244 e. The van der Waals surface area contributed by atoms with E-state index in [1.807, 2.05) is 17.0 Å². The Balaban J connectivity index is 0.00000240. The molecule has 2 amide bonds. The second-order valence-electron chi connectivity index (χ2n) is 8.53. The van der Waals surface area contributed by atoms with Gasteiger partial charge in [-0.1, -0.05) is 17.7 Å². The van der Waals surface area contributed by atoms with Crippen LogP contribution in [0.25, 0.3) is 0 Å². The Hall–Kier alpha value is -1.63. The van der Waals surface area contributed by atoms with Crippen LogP contribution in [0.1, 0.15) is 37.7 Å². The normalized spacial score (nSPS) is 27.7. The van der Waals surface area contributed by atoms with Gasteiger partial charge < -0.3 is 15.5 Å². The summed E-state index contributed by atoms with van der Waals surface area (Å²) in [6.45, 7) is 6.39. The molecule has 6 nitrogen and oxygen atoms in total. The summed E-state index contributed by atoms with van der Waals surface area (Å²) in [4.78, 5) is 29.6. The van der Waals surface area contributed by atoms with Crippen LogP contribution in [-0.4, -0.2) is 61.5 Å². The predicted octanol–water partition coefficient (Wildman–Crippen LogP) is 2.10. The van der Waals surface area contributed by atoms with Crippen LogP contribution >= 0.6 is 12.4 Å². The minimum atomic E-state index is -0.0173. The summed E-state index contributed by atoms with van der Waals surface area (Å²) in [5.41, 5.74) is 2.21. The number of aryl methyl sites for hydroxylation is 1. The molecule has 2 N–H and O–H groups in total. The van der Waals surface area contributed by atoms with Crippen LogP contribution in [-0.2, 0) is 9.59 Å². The van der Waals surface area contributed by atoms with Crippen molar-refractivity contribution in [1.29, 1.82) is 0 Å². The number of likely N-dealkylation sites (tertiary alicyclic amines) is 1. The monoisotopic (exact) mass is 420 g/mol. The lowest BCUT2D eigenvalue weighted by Gasteiger charge is -2.36. The van der Waals surface area contributed by atoms with Gasteiger partial charge in [0.05, 0.1) is 12.1 Å². The van der Waals surface area contributed by atoms with Gasteiger partial charge >= 0.3 is 0 Å². The molecule has 1 aromatic carbocycles. The number of carbonyl (C=O) groups is 2. The van der Waals surface area contributed by atoms with E-state index in [1.54, 1.807) is 0 Å². The number of piperidine rings is 1. The largest absolute Gasteiger partial charge is 0.354 e. The minimum absolute atomic E-state index is 0. The summed E-state index contributed by atoms with van der Waals surface area (Å²) in [6, 6.07) is 8.18. The van der Waals surface area contributed by atoms with Crippen LogP contribution in [0.4, 0.5) is 5.69 Å². The molecule has 0 aromatic heterocycles. The summed E-state index contributed by atoms with van der Waals surface area (Å²) in [5, 5.41) is 6.39. The zero-order chi connectivity index (χ0) is 19.5.